The topological polar surface area (TPSA) is 29.5 Å². The van der Waals surface area contributed by atoms with E-state index in [1.807, 2.05) is 48.5 Å². The lowest BCUT2D eigenvalue weighted by Crippen LogP contribution is -2.58. The van der Waals surface area contributed by atoms with E-state index in [1.165, 1.54) is 11.3 Å². The van der Waals surface area contributed by atoms with Gasteiger partial charge in [-0.2, -0.15) is 0 Å². The number of anilines is 1. The van der Waals surface area contributed by atoms with Gasteiger partial charge in [0.1, 0.15) is 5.75 Å². The van der Waals surface area contributed by atoms with Crippen molar-refractivity contribution in [2.45, 2.75) is 25.0 Å². The van der Waals surface area contributed by atoms with Crippen LogP contribution in [0.15, 0.2) is 78.9 Å². The minimum absolute atomic E-state index is 0.0211. The number of carbonyl (C=O) groups excluding carboxylic acids is 1. The van der Waals surface area contributed by atoms with E-state index in [0.717, 1.165) is 11.3 Å². The molecule has 29 heavy (non-hydrogen) atoms. The summed E-state index contributed by atoms with van der Waals surface area (Å²) in [6.45, 7) is 4.44. The molecular formula is C26H23NO2. The number of ketones is 1. The Morgan fingerprint density at radius 3 is 2.38 bits per heavy atom. The van der Waals surface area contributed by atoms with Gasteiger partial charge >= 0.3 is 0 Å². The van der Waals surface area contributed by atoms with Crippen molar-refractivity contribution in [2.75, 3.05) is 11.9 Å². The predicted octanol–water partition coefficient (Wildman–Crippen LogP) is 5.45. The summed E-state index contributed by atoms with van der Waals surface area (Å²) in [5.74, 6) is 0.817. The van der Waals surface area contributed by atoms with E-state index in [-0.39, 0.29) is 11.2 Å². The second-order valence-corrected chi connectivity index (χ2v) is 8.28. The van der Waals surface area contributed by atoms with Gasteiger partial charge in [0.05, 0.1) is 5.41 Å². The zero-order chi connectivity index (χ0) is 20.2. The number of hydrogen-bond acceptors (Lipinski definition) is 3. The third kappa shape index (κ3) is 2.40. The van der Waals surface area contributed by atoms with E-state index < -0.39 is 5.72 Å². The molecule has 0 saturated carbocycles. The van der Waals surface area contributed by atoms with Crippen LogP contribution in [-0.4, -0.2) is 18.6 Å². The van der Waals surface area contributed by atoms with Crippen LogP contribution in [0.5, 0.6) is 5.75 Å². The largest absolute Gasteiger partial charge is 0.463 e. The number of ether oxygens (including phenoxy) is 1. The molecule has 2 heterocycles. The zero-order valence-electron chi connectivity index (χ0n) is 16.8. The third-order valence-corrected chi connectivity index (χ3v) is 6.39. The van der Waals surface area contributed by atoms with Gasteiger partial charge < -0.3 is 9.64 Å². The van der Waals surface area contributed by atoms with Crippen molar-refractivity contribution in [3.8, 4) is 5.75 Å². The Balaban J connectivity index is 1.54. The van der Waals surface area contributed by atoms with Gasteiger partial charge in [-0.05, 0) is 55.8 Å². The molecule has 0 aliphatic carbocycles. The smallest absolute Gasteiger partial charge is 0.211 e. The Morgan fingerprint density at radius 2 is 1.62 bits per heavy atom. The Hall–Kier alpha value is -3.33. The van der Waals surface area contributed by atoms with Gasteiger partial charge in [0.2, 0.25) is 5.72 Å². The lowest BCUT2D eigenvalue weighted by molar-refractivity contribution is 0.0581. The molecule has 2 aliphatic heterocycles. The summed E-state index contributed by atoms with van der Waals surface area (Å²) >= 11 is 0. The first kappa shape index (κ1) is 17.7. The van der Waals surface area contributed by atoms with Crippen molar-refractivity contribution in [3.63, 3.8) is 0 Å². The van der Waals surface area contributed by atoms with E-state index in [2.05, 4.69) is 62.2 Å². The molecule has 0 aromatic heterocycles. The van der Waals surface area contributed by atoms with E-state index >= 15 is 0 Å². The molecule has 0 N–H and O–H groups in total. The van der Waals surface area contributed by atoms with E-state index in [9.17, 15) is 4.79 Å². The highest BCUT2D eigenvalue weighted by atomic mass is 16.5. The fourth-order valence-electron chi connectivity index (χ4n) is 4.68. The van der Waals surface area contributed by atoms with Gasteiger partial charge in [-0.25, -0.2) is 0 Å². The average Bonchev–Trinajstić information content (AvgIpc) is 2.92. The van der Waals surface area contributed by atoms with Crippen LogP contribution in [0.25, 0.3) is 6.08 Å². The molecule has 3 aromatic carbocycles. The summed E-state index contributed by atoms with van der Waals surface area (Å²) < 4.78 is 6.66. The van der Waals surface area contributed by atoms with Crippen LogP contribution >= 0.6 is 0 Å². The van der Waals surface area contributed by atoms with E-state index in [4.69, 9.17) is 4.74 Å². The van der Waals surface area contributed by atoms with Crippen LogP contribution in [0, 0.1) is 0 Å². The van der Waals surface area contributed by atoms with Gasteiger partial charge in [-0.1, -0.05) is 48.5 Å². The quantitative estimate of drug-likeness (QED) is 0.553. The van der Waals surface area contributed by atoms with Gasteiger partial charge in [-0.3, -0.25) is 4.79 Å². The molecule has 0 unspecified atom stereocenters. The van der Waals surface area contributed by atoms with Crippen molar-refractivity contribution in [3.05, 3.63) is 101 Å². The summed E-state index contributed by atoms with van der Waals surface area (Å²) in [6.07, 6.45) is 4.22. The molecule has 3 nitrogen and oxygen atoms in total. The van der Waals surface area contributed by atoms with Gasteiger partial charge in [0, 0.05) is 29.4 Å². The molecule has 1 atom stereocenters. The molecule has 144 valence electrons. The normalized spacial score (nSPS) is 20.9. The Kier molecular flexibility index (Phi) is 3.72. The SMILES string of the molecule is CN1c2ccccc2C(C)(C)[C@]12C=Cc1cc(C(=O)c3ccccc3)ccc1O2. The second kappa shape index (κ2) is 6.08. The number of likely N-dealkylation sites (N-methyl/N-ethyl adjacent to an activating group) is 1. The van der Waals surface area contributed by atoms with Crippen molar-refractivity contribution >= 4 is 17.5 Å². The number of benzene rings is 3. The van der Waals surface area contributed by atoms with Crippen molar-refractivity contribution in [2.24, 2.45) is 0 Å². The first-order valence-electron chi connectivity index (χ1n) is 9.89. The Labute approximate surface area is 171 Å². The van der Waals surface area contributed by atoms with Crippen molar-refractivity contribution < 1.29 is 9.53 Å². The highest BCUT2D eigenvalue weighted by molar-refractivity contribution is 6.09. The number of rotatable bonds is 2. The van der Waals surface area contributed by atoms with Gasteiger partial charge in [-0.15, -0.1) is 0 Å². The van der Waals surface area contributed by atoms with Crippen LogP contribution in [0.1, 0.15) is 40.9 Å². The van der Waals surface area contributed by atoms with Crippen LogP contribution in [-0.2, 0) is 5.41 Å². The van der Waals surface area contributed by atoms with Crippen LogP contribution in [0.3, 0.4) is 0 Å². The maximum atomic E-state index is 12.8. The summed E-state index contributed by atoms with van der Waals surface area (Å²) in [4.78, 5) is 15.0. The zero-order valence-corrected chi connectivity index (χ0v) is 16.8. The van der Waals surface area contributed by atoms with Crippen molar-refractivity contribution in [1.29, 1.82) is 0 Å². The summed E-state index contributed by atoms with van der Waals surface area (Å²) in [6, 6.07) is 23.5. The van der Waals surface area contributed by atoms with E-state index in [1.54, 1.807) is 0 Å². The predicted molar refractivity (Wildman–Crippen MR) is 117 cm³/mol. The maximum absolute atomic E-state index is 12.8. The van der Waals surface area contributed by atoms with Gasteiger partial charge in [0.25, 0.3) is 0 Å². The number of fused-ring (bicyclic) bond motifs is 2. The molecule has 2 aliphatic rings. The van der Waals surface area contributed by atoms with Gasteiger partial charge in [0.15, 0.2) is 5.78 Å². The lowest BCUT2D eigenvalue weighted by atomic mass is 9.76. The molecule has 1 spiro atoms. The highest BCUT2D eigenvalue weighted by Gasteiger charge is 2.57. The molecule has 3 aromatic rings. The fraction of sp³-hybridized carbons (Fsp3) is 0.192. The minimum atomic E-state index is -0.603. The Bertz CT molecular complexity index is 1150. The standard InChI is InChI=1S/C26H23NO2/c1-25(2)21-11-7-8-12-22(21)27(3)26(25)16-15-19-17-20(13-14-23(19)29-26)24(28)18-9-5-4-6-10-18/h4-17H,1-3H3/t26-/m1/s1. The summed E-state index contributed by atoms with van der Waals surface area (Å²) in [7, 11) is 2.08. The number of carbonyl (C=O) groups is 1. The first-order chi connectivity index (χ1) is 13.9. The fourth-order valence-corrected chi connectivity index (χ4v) is 4.68. The molecule has 0 radical (unpaired) electrons. The average molecular weight is 381 g/mol. The monoisotopic (exact) mass is 381 g/mol. The highest BCUT2D eigenvalue weighted by Crippen LogP contribution is 2.54. The lowest BCUT2D eigenvalue weighted by Gasteiger charge is -2.45. The maximum Gasteiger partial charge on any atom is 0.211 e. The van der Waals surface area contributed by atoms with Crippen LogP contribution < -0.4 is 9.64 Å². The summed E-state index contributed by atoms with van der Waals surface area (Å²) in [5, 5.41) is 0. The number of hydrogen-bond donors (Lipinski definition) is 0. The molecule has 0 bridgehead atoms. The van der Waals surface area contributed by atoms with Crippen molar-refractivity contribution in [1.82, 2.24) is 0 Å². The molecule has 0 amide bonds. The first-order valence-corrected chi connectivity index (χ1v) is 9.89. The second-order valence-electron chi connectivity index (χ2n) is 8.28. The molecule has 5 rings (SSSR count). The minimum Gasteiger partial charge on any atom is -0.463 e. The summed E-state index contributed by atoms with van der Waals surface area (Å²) in [5.41, 5.74) is 3.91. The van der Waals surface area contributed by atoms with Crippen LogP contribution in [0.4, 0.5) is 5.69 Å². The molecule has 0 fully saturated rings. The molecular weight excluding hydrogens is 358 g/mol. The number of nitrogens with zero attached hydrogens (tertiary/aromatic N) is 1. The molecule has 0 saturated heterocycles. The van der Waals surface area contributed by atoms with Crippen LogP contribution in [0.2, 0.25) is 0 Å². The third-order valence-electron chi connectivity index (χ3n) is 6.39. The number of para-hydroxylation sites is 1. The molecule has 3 heteroatoms. The van der Waals surface area contributed by atoms with E-state index in [0.29, 0.717) is 11.1 Å². The Morgan fingerprint density at radius 1 is 0.897 bits per heavy atom.